The van der Waals surface area contributed by atoms with Gasteiger partial charge in [-0.2, -0.15) is 5.26 Å². The standard InChI is InChI=1S/C25H20N6O2S/c26-13-19-15-34-16-31(19)23(32)14-29-25(33)20-8-9-27-22-7-6-18(12-21(20)22)30-11-10-28-24(30)17-4-2-1-3-5-17/h1-12,19H,14-16H2,(H,29,33)/t19-/m1/s1. The SMILES string of the molecule is N#C[C@@H]1CSCN1C(=O)CNC(=O)c1ccnc2ccc(-n3ccnc3-c3ccccc3)cc12. The first kappa shape index (κ1) is 21.7. The number of fused-ring (bicyclic) bond motifs is 1. The van der Waals surface area contributed by atoms with Gasteiger partial charge in [0.25, 0.3) is 5.91 Å². The summed E-state index contributed by atoms with van der Waals surface area (Å²) >= 11 is 1.53. The van der Waals surface area contributed by atoms with Crippen molar-refractivity contribution in [1.29, 1.82) is 5.26 Å². The van der Waals surface area contributed by atoms with E-state index in [-0.39, 0.29) is 18.4 Å². The van der Waals surface area contributed by atoms with Crippen LogP contribution in [0.2, 0.25) is 0 Å². The van der Waals surface area contributed by atoms with Gasteiger partial charge in [0.1, 0.15) is 11.9 Å². The molecule has 0 unspecified atom stereocenters. The van der Waals surface area contributed by atoms with Crippen LogP contribution in [0.3, 0.4) is 0 Å². The van der Waals surface area contributed by atoms with Crippen molar-refractivity contribution < 1.29 is 9.59 Å². The Bertz CT molecular complexity index is 1410. The molecule has 2 amide bonds. The highest BCUT2D eigenvalue weighted by Crippen LogP contribution is 2.25. The molecule has 168 valence electrons. The average Bonchev–Trinajstić information content (AvgIpc) is 3.57. The summed E-state index contributed by atoms with van der Waals surface area (Å²) in [6, 6.07) is 18.9. The molecule has 4 aromatic rings. The Morgan fingerprint density at radius 2 is 1.97 bits per heavy atom. The lowest BCUT2D eigenvalue weighted by Crippen LogP contribution is -2.42. The zero-order valence-electron chi connectivity index (χ0n) is 18.1. The van der Waals surface area contributed by atoms with E-state index in [0.29, 0.717) is 28.1 Å². The van der Waals surface area contributed by atoms with Crippen LogP contribution in [-0.2, 0) is 4.79 Å². The van der Waals surface area contributed by atoms with Crippen LogP contribution in [0.5, 0.6) is 0 Å². The summed E-state index contributed by atoms with van der Waals surface area (Å²) in [4.78, 5) is 35.9. The predicted octanol–water partition coefficient (Wildman–Crippen LogP) is 3.24. The van der Waals surface area contributed by atoms with Crippen molar-refractivity contribution >= 4 is 34.5 Å². The van der Waals surface area contributed by atoms with Gasteiger partial charge in [-0.05, 0) is 24.3 Å². The summed E-state index contributed by atoms with van der Waals surface area (Å²) in [5, 5.41) is 12.6. The smallest absolute Gasteiger partial charge is 0.252 e. The van der Waals surface area contributed by atoms with Crippen LogP contribution < -0.4 is 5.32 Å². The second-order valence-electron chi connectivity index (χ2n) is 7.74. The molecule has 1 aliphatic rings. The van der Waals surface area contributed by atoms with Gasteiger partial charge < -0.3 is 10.2 Å². The Kier molecular flexibility index (Phi) is 5.97. The molecule has 1 saturated heterocycles. The number of benzene rings is 2. The van der Waals surface area contributed by atoms with Crippen LogP contribution in [0, 0.1) is 11.3 Å². The van der Waals surface area contributed by atoms with Gasteiger partial charge in [-0.25, -0.2) is 4.98 Å². The van der Waals surface area contributed by atoms with Crippen LogP contribution in [0.15, 0.2) is 73.2 Å². The van der Waals surface area contributed by atoms with Crippen molar-refractivity contribution in [2.45, 2.75) is 6.04 Å². The lowest BCUT2D eigenvalue weighted by molar-refractivity contribution is -0.129. The van der Waals surface area contributed by atoms with Gasteiger partial charge in [-0.1, -0.05) is 30.3 Å². The normalized spacial score (nSPS) is 15.3. The minimum Gasteiger partial charge on any atom is -0.343 e. The Balaban J connectivity index is 1.42. The third-order valence-electron chi connectivity index (χ3n) is 5.67. The number of nitrogens with one attached hydrogen (secondary N) is 1. The molecule has 5 rings (SSSR count). The molecule has 2 aromatic carbocycles. The molecule has 1 atom stereocenters. The van der Waals surface area contributed by atoms with Crippen LogP contribution in [0.1, 0.15) is 10.4 Å². The molecular weight excluding hydrogens is 448 g/mol. The summed E-state index contributed by atoms with van der Waals surface area (Å²) < 4.78 is 1.96. The van der Waals surface area contributed by atoms with Crippen molar-refractivity contribution in [2.75, 3.05) is 18.2 Å². The van der Waals surface area contributed by atoms with Gasteiger partial charge >= 0.3 is 0 Å². The predicted molar refractivity (Wildman–Crippen MR) is 130 cm³/mol. The molecule has 8 nitrogen and oxygen atoms in total. The number of hydrogen-bond donors (Lipinski definition) is 1. The van der Waals surface area contributed by atoms with E-state index in [1.807, 2.05) is 59.3 Å². The topological polar surface area (TPSA) is 104 Å². The number of carbonyl (C=O) groups excluding carboxylic acids is 2. The molecule has 1 fully saturated rings. The van der Waals surface area contributed by atoms with Crippen molar-refractivity contribution in [1.82, 2.24) is 24.8 Å². The first-order valence-electron chi connectivity index (χ1n) is 10.7. The first-order valence-corrected chi connectivity index (χ1v) is 11.8. The number of rotatable bonds is 5. The number of amides is 2. The molecule has 1 aliphatic heterocycles. The fourth-order valence-corrected chi connectivity index (χ4v) is 5.05. The average molecular weight is 469 g/mol. The van der Waals surface area contributed by atoms with Gasteiger partial charge in [-0.3, -0.25) is 19.1 Å². The Morgan fingerprint density at radius 3 is 2.79 bits per heavy atom. The number of hydrogen-bond acceptors (Lipinski definition) is 6. The van der Waals surface area contributed by atoms with Gasteiger partial charge in [0.05, 0.1) is 29.6 Å². The van der Waals surface area contributed by atoms with E-state index in [1.165, 1.54) is 16.7 Å². The van der Waals surface area contributed by atoms with Crippen molar-refractivity contribution in [3.05, 3.63) is 78.8 Å². The van der Waals surface area contributed by atoms with Gasteiger partial charge in [0.15, 0.2) is 0 Å². The van der Waals surface area contributed by atoms with E-state index in [2.05, 4.69) is 21.4 Å². The maximum Gasteiger partial charge on any atom is 0.252 e. The van der Waals surface area contributed by atoms with E-state index in [0.717, 1.165) is 17.1 Å². The molecule has 0 spiro atoms. The van der Waals surface area contributed by atoms with E-state index < -0.39 is 6.04 Å². The Hall–Kier alpha value is -4.16. The lowest BCUT2D eigenvalue weighted by Gasteiger charge is -2.18. The molecule has 3 heterocycles. The molecule has 2 aromatic heterocycles. The molecular formula is C25H20N6O2S. The third-order valence-corrected chi connectivity index (χ3v) is 6.68. The number of nitrogens with zero attached hydrogens (tertiary/aromatic N) is 5. The minimum absolute atomic E-state index is 0.166. The summed E-state index contributed by atoms with van der Waals surface area (Å²) in [6.07, 6.45) is 5.19. The van der Waals surface area contributed by atoms with Crippen LogP contribution >= 0.6 is 11.8 Å². The maximum absolute atomic E-state index is 13.0. The molecule has 9 heteroatoms. The lowest BCUT2D eigenvalue weighted by atomic mass is 10.1. The van der Waals surface area contributed by atoms with Crippen molar-refractivity contribution in [2.24, 2.45) is 0 Å². The second kappa shape index (κ2) is 9.37. The van der Waals surface area contributed by atoms with Gasteiger partial charge in [-0.15, -0.1) is 11.8 Å². The molecule has 0 bridgehead atoms. The molecule has 0 aliphatic carbocycles. The zero-order chi connectivity index (χ0) is 23.5. The second-order valence-corrected chi connectivity index (χ2v) is 8.74. The molecule has 34 heavy (non-hydrogen) atoms. The van der Waals surface area contributed by atoms with Crippen molar-refractivity contribution in [3.63, 3.8) is 0 Å². The number of imidazole rings is 1. The van der Waals surface area contributed by atoms with Gasteiger partial charge in [0.2, 0.25) is 5.91 Å². The summed E-state index contributed by atoms with van der Waals surface area (Å²) in [5.41, 5.74) is 2.91. The summed E-state index contributed by atoms with van der Waals surface area (Å²) in [5.74, 6) is 1.20. The zero-order valence-corrected chi connectivity index (χ0v) is 18.9. The molecule has 1 N–H and O–H groups in total. The molecule has 0 saturated carbocycles. The largest absolute Gasteiger partial charge is 0.343 e. The van der Waals surface area contributed by atoms with E-state index >= 15 is 0 Å². The number of carbonyl (C=O) groups is 2. The molecule has 0 radical (unpaired) electrons. The monoisotopic (exact) mass is 468 g/mol. The first-order chi connectivity index (χ1) is 16.7. The van der Waals surface area contributed by atoms with Crippen LogP contribution in [0.25, 0.3) is 28.0 Å². The van der Waals surface area contributed by atoms with E-state index in [9.17, 15) is 14.9 Å². The van der Waals surface area contributed by atoms with Crippen molar-refractivity contribution in [3.8, 4) is 23.1 Å². The summed E-state index contributed by atoms with van der Waals surface area (Å²) in [6.45, 7) is -0.166. The van der Waals surface area contributed by atoms with Crippen LogP contribution in [0.4, 0.5) is 0 Å². The van der Waals surface area contributed by atoms with Crippen LogP contribution in [-0.4, -0.2) is 55.5 Å². The number of aromatic nitrogens is 3. The van der Waals surface area contributed by atoms with E-state index in [4.69, 9.17) is 0 Å². The fourth-order valence-electron chi connectivity index (χ4n) is 3.94. The highest BCUT2D eigenvalue weighted by Gasteiger charge is 2.29. The number of thioether (sulfide) groups is 1. The Labute approximate surface area is 200 Å². The quantitative estimate of drug-likeness (QED) is 0.482. The van der Waals surface area contributed by atoms with Gasteiger partial charge in [0, 0.05) is 41.0 Å². The highest BCUT2D eigenvalue weighted by molar-refractivity contribution is 7.99. The maximum atomic E-state index is 13.0. The number of nitriles is 1. The fraction of sp³-hybridized carbons (Fsp3) is 0.160. The summed E-state index contributed by atoms with van der Waals surface area (Å²) in [7, 11) is 0. The Morgan fingerprint density at radius 1 is 1.12 bits per heavy atom. The third kappa shape index (κ3) is 4.11. The minimum atomic E-state index is -0.451. The number of pyridine rings is 1. The highest BCUT2D eigenvalue weighted by atomic mass is 32.2. The van der Waals surface area contributed by atoms with E-state index in [1.54, 1.807) is 18.5 Å².